The molecule has 1 aromatic rings. The summed E-state index contributed by atoms with van der Waals surface area (Å²) in [6, 6.07) is 1.20. The van der Waals surface area contributed by atoms with Crippen molar-refractivity contribution in [2.75, 3.05) is 11.9 Å². The van der Waals surface area contributed by atoms with Gasteiger partial charge in [-0.25, -0.2) is 8.78 Å². The molecule has 1 saturated carbocycles. The van der Waals surface area contributed by atoms with E-state index in [4.69, 9.17) is 5.73 Å². The average molecular weight is 257 g/mol. The van der Waals surface area contributed by atoms with Gasteiger partial charge in [-0.2, -0.15) is 0 Å². The maximum atomic E-state index is 13.6. The maximum Gasteiger partial charge on any atom is 0.275 e. The topological polar surface area (TPSA) is 81.2 Å². The van der Waals surface area contributed by atoms with Crippen LogP contribution in [0.15, 0.2) is 12.1 Å². The van der Waals surface area contributed by atoms with Crippen molar-refractivity contribution in [2.45, 2.75) is 18.9 Å². The summed E-state index contributed by atoms with van der Waals surface area (Å²) in [4.78, 5) is 9.61. The van der Waals surface area contributed by atoms with Crippen LogP contribution >= 0.6 is 0 Å². The van der Waals surface area contributed by atoms with Crippen LogP contribution in [0.1, 0.15) is 12.8 Å². The second-order valence-corrected chi connectivity index (χ2v) is 4.37. The van der Waals surface area contributed by atoms with Crippen molar-refractivity contribution in [1.29, 1.82) is 0 Å². The number of nitrogens with one attached hydrogen (secondary N) is 1. The van der Waals surface area contributed by atoms with Crippen LogP contribution in [0.2, 0.25) is 0 Å². The molecule has 0 heterocycles. The Morgan fingerprint density at radius 1 is 1.44 bits per heavy atom. The molecule has 0 saturated heterocycles. The van der Waals surface area contributed by atoms with Crippen molar-refractivity contribution in [3.8, 4) is 0 Å². The van der Waals surface area contributed by atoms with Crippen molar-refractivity contribution in [3.63, 3.8) is 0 Å². The van der Waals surface area contributed by atoms with Gasteiger partial charge in [0, 0.05) is 12.6 Å². The molecule has 0 amide bonds. The van der Waals surface area contributed by atoms with Crippen molar-refractivity contribution in [3.05, 3.63) is 33.9 Å². The number of rotatable bonds is 5. The molecule has 0 aromatic heterocycles. The maximum absolute atomic E-state index is 13.6. The molecule has 1 unspecified atom stereocenters. The first kappa shape index (κ1) is 12.7. The van der Waals surface area contributed by atoms with Crippen LogP contribution in [0, 0.1) is 27.7 Å². The van der Waals surface area contributed by atoms with Crippen LogP contribution in [-0.4, -0.2) is 17.5 Å². The van der Waals surface area contributed by atoms with Crippen LogP contribution in [0.5, 0.6) is 0 Å². The Bertz CT molecular complexity index is 454. The Kier molecular flexibility index (Phi) is 3.42. The van der Waals surface area contributed by atoms with Crippen LogP contribution in [0.25, 0.3) is 0 Å². The lowest BCUT2D eigenvalue weighted by Crippen LogP contribution is -2.31. The summed E-state index contributed by atoms with van der Waals surface area (Å²) in [7, 11) is 0. The Morgan fingerprint density at radius 3 is 2.39 bits per heavy atom. The van der Waals surface area contributed by atoms with Gasteiger partial charge in [0.2, 0.25) is 0 Å². The molecule has 1 fully saturated rings. The zero-order valence-electron chi connectivity index (χ0n) is 9.53. The van der Waals surface area contributed by atoms with Gasteiger partial charge < -0.3 is 11.1 Å². The fourth-order valence-electron chi connectivity index (χ4n) is 1.86. The molecule has 1 atom stereocenters. The van der Waals surface area contributed by atoms with Crippen LogP contribution in [-0.2, 0) is 0 Å². The number of nitro groups is 1. The molecule has 18 heavy (non-hydrogen) atoms. The van der Waals surface area contributed by atoms with Gasteiger partial charge in [0.25, 0.3) is 5.69 Å². The summed E-state index contributed by atoms with van der Waals surface area (Å²) >= 11 is 0. The van der Waals surface area contributed by atoms with E-state index >= 15 is 0 Å². The van der Waals surface area contributed by atoms with Gasteiger partial charge in [0.1, 0.15) is 5.69 Å². The van der Waals surface area contributed by atoms with E-state index in [-0.39, 0.29) is 18.3 Å². The minimum atomic E-state index is -0.971. The van der Waals surface area contributed by atoms with Gasteiger partial charge >= 0.3 is 0 Å². The molecular weight excluding hydrogens is 244 g/mol. The number of hydrogen-bond donors (Lipinski definition) is 2. The molecule has 7 heteroatoms. The number of non-ortho nitro benzene ring substituents is 1. The summed E-state index contributed by atoms with van der Waals surface area (Å²) in [5, 5.41) is 13.1. The van der Waals surface area contributed by atoms with Crippen LogP contribution in [0.4, 0.5) is 20.2 Å². The third-order valence-electron chi connectivity index (χ3n) is 3.01. The van der Waals surface area contributed by atoms with Gasteiger partial charge in [0.05, 0.1) is 17.1 Å². The van der Waals surface area contributed by atoms with E-state index in [1.165, 1.54) is 0 Å². The third-order valence-corrected chi connectivity index (χ3v) is 3.01. The SMILES string of the molecule is NCC(Nc1c(F)cc([N+](=O)[O-])cc1F)C1CC1. The lowest BCUT2D eigenvalue weighted by molar-refractivity contribution is -0.385. The van der Waals surface area contributed by atoms with E-state index in [9.17, 15) is 18.9 Å². The normalized spacial score (nSPS) is 16.4. The van der Waals surface area contributed by atoms with Gasteiger partial charge in [-0.1, -0.05) is 0 Å². The number of nitrogens with zero attached hydrogens (tertiary/aromatic N) is 1. The summed E-state index contributed by atoms with van der Waals surface area (Å²) in [6.07, 6.45) is 1.95. The zero-order valence-corrected chi connectivity index (χ0v) is 9.53. The summed E-state index contributed by atoms with van der Waals surface area (Å²) in [5.74, 6) is -1.62. The van der Waals surface area contributed by atoms with Gasteiger partial charge in [-0.3, -0.25) is 10.1 Å². The molecule has 5 nitrogen and oxygen atoms in total. The first-order chi connectivity index (χ1) is 8.52. The highest BCUT2D eigenvalue weighted by molar-refractivity contribution is 5.52. The van der Waals surface area contributed by atoms with Crippen molar-refractivity contribution in [2.24, 2.45) is 11.7 Å². The second kappa shape index (κ2) is 4.85. The van der Waals surface area contributed by atoms with Crippen molar-refractivity contribution in [1.82, 2.24) is 0 Å². The molecule has 0 aliphatic heterocycles. The molecule has 1 aliphatic carbocycles. The first-order valence-electron chi connectivity index (χ1n) is 5.63. The molecule has 2 rings (SSSR count). The molecular formula is C11H13F2N3O2. The number of benzene rings is 1. The Hall–Kier alpha value is -1.76. The number of halogens is 2. The number of hydrogen-bond acceptors (Lipinski definition) is 4. The van der Waals surface area contributed by atoms with E-state index in [1.807, 2.05) is 0 Å². The lowest BCUT2D eigenvalue weighted by Gasteiger charge is -2.18. The van der Waals surface area contributed by atoms with Gasteiger partial charge in [-0.15, -0.1) is 0 Å². The fraction of sp³-hybridized carbons (Fsp3) is 0.455. The van der Waals surface area contributed by atoms with E-state index in [0.29, 0.717) is 18.1 Å². The monoisotopic (exact) mass is 257 g/mol. The summed E-state index contributed by atoms with van der Waals surface area (Å²) in [5.41, 5.74) is 4.57. The number of nitro benzene ring substituents is 1. The lowest BCUT2D eigenvalue weighted by atomic mass is 10.1. The third kappa shape index (κ3) is 2.56. The molecule has 98 valence electrons. The molecule has 0 radical (unpaired) electrons. The molecule has 0 spiro atoms. The molecule has 3 N–H and O–H groups in total. The van der Waals surface area contributed by atoms with E-state index in [2.05, 4.69) is 5.32 Å². The van der Waals surface area contributed by atoms with E-state index in [1.54, 1.807) is 0 Å². The standard InChI is InChI=1S/C11H13F2N3O2/c12-8-3-7(16(17)18)4-9(13)11(8)15-10(5-14)6-1-2-6/h3-4,6,10,15H,1-2,5,14H2. The minimum absolute atomic E-state index is 0.199. The van der Waals surface area contributed by atoms with Crippen molar-refractivity contribution < 1.29 is 13.7 Å². The summed E-state index contributed by atoms with van der Waals surface area (Å²) in [6.45, 7) is 0.264. The molecule has 1 aromatic carbocycles. The minimum Gasteiger partial charge on any atom is -0.376 e. The second-order valence-electron chi connectivity index (χ2n) is 4.37. The number of nitrogens with two attached hydrogens (primary N) is 1. The summed E-state index contributed by atoms with van der Waals surface area (Å²) < 4.78 is 27.2. The predicted molar refractivity (Wildman–Crippen MR) is 62.2 cm³/mol. The zero-order chi connectivity index (χ0) is 13.3. The van der Waals surface area contributed by atoms with Crippen LogP contribution in [0.3, 0.4) is 0 Å². The highest BCUT2D eigenvalue weighted by Crippen LogP contribution is 2.35. The van der Waals surface area contributed by atoms with Gasteiger partial charge in [0.15, 0.2) is 11.6 Å². The predicted octanol–water partition coefficient (Wildman–Crippen LogP) is 2.02. The fourth-order valence-corrected chi connectivity index (χ4v) is 1.86. The van der Waals surface area contributed by atoms with Gasteiger partial charge in [-0.05, 0) is 18.8 Å². The van der Waals surface area contributed by atoms with Crippen molar-refractivity contribution >= 4 is 11.4 Å². The highest BCUT2D eigenvalue weighted by Gasteiger charge is 2.31. The Labute approximate surface area is 102 Å². The van der Waals surface area contributed by atoms with E-state index in [0.717, 1.165) is 12.8 Å². The number of anilines is 1. The quantitative estimate of drug-likeness (QED) is 0.624. The van der Waals surface area contributed by atoms with E-state index < -0.39 is 22.2 Å². The average Bonchev–Trinajstić information content (AvgIpc) is 3.12. The largest absolute Gasteiger partial charge is 0.376 e. The van der Waals surface area contributed by atoms with Crippen LogP contribution < -0.4 is 11.1 Å². The highest BCUT2D eigenvalue weighted by atomic mass is 19.1. The Balaban J connectivity index is 2.24. The molecule has 0 bridgehead atoms. The first-order valence-corrected chi connectivity index (χ1v) is 5.63. The molecule has 1 aliphatic rings. The smallest absolute Gasteiger partial charge is 0.275 e. The Morgan fingerprint density at radius 2 is 2.00 bits per heavy atom.